The van der Waals surface area contributed by atoms with Gasteiger partial charge in [-0.3, -0.25) is 9.82 Å². The highest BCUT2D eigenvalue weighted by Gasteiger charge is 2.30. The van der Waals surface area contributed by atoms with Gasteiger partial charge in [0.05, 0.1) is 11.4 Å². The summed E-state index contributed by atoms with van der Waals surface area (Å²) in [6, 6.07) is 2.03. The Balaban J connectivity index is 2.08. The molecule has 0 saturated heterocycles. The number of rotatable bonds is 7. The van der Waals surface area contributed by atoms with Crippen molar-refractivity contribution in [2.24, 2.45) is 0 Å². The van der Waals surface area contributed by atoms with Gasteiger partial charge >= 0.3 is 0 Å². The number of sulfonamides is 1. The number of nitrogens with zero attached hydrogens (tertiary/aromatic N) is 2. The van der Waals surface area contributed by atoms with E-state index in [0.717, 1.165) is 31.4 Å². The number of hydrogen-bond donors (Lipinski definition) is 2. The minimum Gasteiger partial charge on any atom is -0.279 e. The molecular formula is C12H18N4O2S. The largest absolute Gasteiger partial charge is 0.279 e. The van der Waals surface area contributed by atoms with Crippen LogP contribution in [0.4, 0.5) is 5.82 Å². The zero-order valence-electron chi connectivity index (χ0n) is 10.9. The van der Waals surface area contributed by atoms with Crippen LogP contribution in [0.1, 0.15) is 56.2 Å². The van der Waals surface area contributed by atoms with Crippen LogP contribution in [0.3, 0.4) is 0 Å². The minimum atomic E-state index is -3.42. The molecule has 1 heterocycles. The van der Waals surface area contributed by atoms with E-state index in [9.17, 15) is 8.42 Å². The summed E-state index contributed by atoms with van der Waals surface area (Å²) in [6.45, 7) is 2.02. The number of unbranched alkanes of at least 4 members (excludes halogenated alkanes) is 2. The first-order valence-electron chi connectivity index (χ1n) is 6.56. The van der Waals surface area contributed by atoms with Gasteiger partial charge in [0.1, 0.15) is 11.6 Å². The predicted octanol–water partition coefficient (Wildman–Crippen LogP) is 2.09. The molecule has 2 rings (SSSR count). The van der Waals surface area contributed by atoms with Crippen LogP contribution in [0.25, 0.3) is 0 Å². The number of anilines is 1. The molecule has 0 radical (unpaired) electrons. The third kappa shape index (κ3) is 3.47. The lowest BCUT2D eigenvalue weighted by Gasteiger charge is -2.05. The summed E-state index contributed by atoms with van der Waals surface area (Å²) in [7, 11) is -3.42. The number of aromatic amines is 1. The van der Waals surface area contributed by atoms with Gasteiger partial charge in [0.25, 0.3) is 0 Å². The normalized spacial score (nSPS) is 15.2. The van der Waals surface area contributed by atoms with Gasteiger partial charge in [-0.15, -0.1) is 0 Å². The molecule has 0 atom stereocenters. The summed E-state index contributed by atoms with van der Waals surface area (Å²) in [5.74, 6) is 0.540. The molecule has 0 aliphatic heterocycles. The number of aromatic nitrogens is 2. The average Bonchev–Trinajstić information content (AvgIpc) is 3.12. The molecule has 1 aromatic heterocycles. The van der Waals surface area contributed by atoms with E-state index in [2.05, 4.69) is 14.9 Å². The van der Waals surface area contributed by atoms with Crippen LogP contribution in [0, 0.1) is 11.3 Å². The second-order valence-corrected chi connectivity index (χ2v) is 6.72. The Morgan fingerprint density at radius 2 is 2.21 bits per heavy atom. The van der Waals surface area contributed by atoms with Gasteiger partial charge in [-0.25, -0.2) is 8.42 Å². The van der Waals surface area contributed by atoms with Crippen LogP contribution in [0.5, 0.6) is 0 Å². The monoisotopic (exact) mass is 282 g/mol. The van der Waals surface area contributed by atoms with E-state index in [1.807, 2.05) is 13.0 Å². The van der Waals surface area contributed by atoms with Gasteiger partial charge in [0, 0.05) is 5.92 Å². The quantitative estimate of drug-likeness (QED) is 0.748. The summed E-state index contributed by atoms with van der Waals surface area (Å²) in [5, 5.41) is 15.8. The number of nitriles is 1. The van der Waals surface area contributed by atoms with E-state index >= 15 is 0 Å². The second kappa shape index (κ2) is 5.61. The molecule has 0 amide bonds. The van der Waals surface area contributed by atoms with Crippen LogP contribution in [0.15, 0.2) is 0 Å². The van der Waals surface area contributed by atoms with Gasteiger partial charge < -0.3 is 0 Å². The molecule has 1 fully saturated rings. The minimum absolute atomic E-state index is 0.0668. The van der Waals surface area contributed by atoms with Crippen molar-refractivity contribution < 1.29 is 8.42 Å². The lowest BCUT2D eigenvalue weighted by atomic mass is 10.2. The Morgan fingerprint density at radius 3 is 2.79 bits per heavy atom. The van der Waals surface area contributed by atoms with Crippen LogP contribution in [-0.4, -0.2) is 24.4 Å². The molecule has 1 aliphatic carbocycles. The molecule has 0 unspecified atom stereocenters. The molecule has 6 nitrogen and oxygen atoms in total. The predicted molar refractivity (Wildman–Crippen MR) is 72.2 cm³/mol. The fourth-order valence-electron chi connectivity index (χ4n) is 1.95. The number of H-pyrrole nitrogens is 1. The molecule has 104 valence electrons. The summed E-state index contributed by atoms with van der Waals surface area (Å²) in [6.07, 6.45) is 4.51. The van der Waals surface area contributed by atoms with Gasteiger partial charge in [0.2, 0.25) is 10.0 Å². The second-order valence-electron chi connectivity index (χ2n) is 4.88. The number of hydrogen-bond acceptors (Lipinski definition) is 4. The van der Waals surface area contributed by atoms with E-state index in [-0.39, 0.29) is 11.6 Å². The molecule has 7 heteroatoms. The first-order valence-corrected chi connectivity index (χ1v) is 8.21. The van der Waals surface area contributed by atoms with E-state index in [4.69, 9.17) is 5.26 Å². The fourth-order valence-corrected chi connectivity index (χ4v) is 3.08. The molecule has 19 heavy (non-hydrogen) atoms. The molecule has 0 aromatic carbocycles. The van der Waals surface area contributed by atoms with Crippen molar-refractivity contribution in [3.63, 3.8) is 0 Å². The van der Waals surface area contributed by atoms with Gasteiger partial charge in [-0.1, -0.05) is 19.8 Å². The Bertz CT molecular complexity index is 581. The SMILES string of the molecule is CCCCCS(=O)(=O)Nc1n[nH]c(C2CC2)c1C#N. The van der Waals surface area contributed by atoms with E-state index in [0.29, 0.717) is 17.9 Å². The van der Waals surface area contributed by atoms with Crippen molar-refractivity contribution in [2.45, 2.75) is 44.9 Å². The van der Waals surface area contributed by atoms with Crippen molar-refractivity contribution >= 4 is 15.8 Å². The van der Waals surface area contributed by atoms with Crippen LogP contribution < -0.4 is 4.72 Å². The van der Waals surface area contributed by atoms with E-state index in [1.165, 1.54) is 0 Å². The smallest absolute Gasteiger partial charge is 0.233 e. The maximum Gasteiger partial charge on any atom is 0.233 e. The maximum absolute atomic E-state index is 11.9. The molecule has 2 N–H and O–H groups in total. The number of nitrogens with one attached hydrogen (secondary N) is 2. The Morgan fingerprint density at radius 1 is 1.47 bits per heavy atom. The lowest BCUT2D eigenvalue weighted by Crippen LogP contribution is -2.17. The molecule has 1 aromatic rings. The van der Waals surface area contributed by atoms with Crippen molar-refractivity contribution in [1.29, 1.82) is 5.26 Å². The first kappa shape index (κ1) is 13.9. The summed E-state index contributed by atoms with van der Waals surface area (Å²) >= 11 is 0. The molecule has 1 aliphatic rings. The van der Waals surface area contributed by atoms with Gasteiger partial charge in [0.15, 0.2) is 5.82 Å². The zero-order chi connectivity index (χ0) is 13.9. The highest BCUT2D eigenvalue weighted by Crippen LogP contribution is 2.41. The summed E-state index contributed by atoms with van der Waals surface area (Å²) in [5.41, 5.74) is 1.09. The lowest BCUT2D eigenvalue weighted by molar-refractivity contribution is 0.596. The summed E-state index contributed by atoms with van der Waals surface area (Å²) in [4.78, 5) is 0. The Hall–Kier alpha value is -1.55. The third-order valence-corrected chi connectivity index (χ3v) is 4.49. The fraction of sp³-hybridized carbons (Fsp3) is 0.667. The van der Waals surface area contributed by atoms with Crippen molar-refractivity contribution in [1.82, 2.24) is 10.2 Å². The highest BCUT2D eigenvalue weighted by atomic mass is 32.2. The molecule has 0 spiro atoms. The standard InChI is InChI=1S/C12H18N4O2S/c1-2-3-4-7-19(17,18)16-12-10(8-13)11(14-15-12)9-5-6-9/h9H,2-7H2,1H3,(H2,14,15,16). The van der Waals surface area contributed by atoms with E-state index < -0.39 is 10.0 Å². The van der Waals surface area contributed by atoms with Crippen molar-refractivity contribution in [3.8, 4) is 6.07 Å². The topological polar surface area (TPSA) is 98.6 Å². The van der Waals surface area contributed by atoms with Gasteiger partial charge in [-0.05, 0) is 19.3 Å². The molecule has 0 bridgehead atoms. The summed E-state index contributed by atoms with van der Waals surface area (Å²) < 4.78 is 26.1. The van der Waals surface area contributed by atoms with Crippen molar-refractivity contribution in [2.75, 3.05) is 10.5 Å². The van der Waals surface area contributed by atoms with Crippen molar-refractivity contribution in [3.05, 3.63) is 11.3 Å². The van der Waals surface area contributed by atoms with Gasteiger partial charge in [-0.2, -0.15) is 10.4 Å². The van der Waals surface area contributed by atoms with Crippen LogP contribution >= 0.6 is 0 Å². The molecular weight excluding hydrogens is 264 g/mol. The first-order chi connectivity index (χ1) is 9.07. The van der Waals surface area contributed by atoms with Crippen LogP contribution in [-0.2, 0) is 10.0 Å². The zero-order valence-corrected chi connectivity index (χ0v) is 11.8. The maximum atomic E-state index is 11.9. The average molecular weight is 282 g/mol. The highest BCUT2D eigenvalue weighted by molar-refractivity contribution is 7.92. The van der Waals surface area contributed by atoms with E-state index in [1.54, 1.807) is 0 Å². The Kier molecular flexibility index (Phi) is 4.10. The molecule has 1 saturated carbocycles. The third-order valence-electron chi connectivity index (χ3n) is 3.16. The van der Waals surface area contributed by atoms with Crippen LogP contribution in [0.2, 0.25) is 0 Å². The Labute approximate surface area is 113 Å².